The molecule has 1 amide bonds. The largest absolute Gasteiger partial charge is 0.465 e. The van der Waals surface area contributed by atoms with E-state index in [-0.39, 0.29) is 12.5 Å². The summed E-state index contributed by atoms with van der Waals surface area (Å²) in [5, 5.41) is 2.80. The summed E-state index contributed by atoms with van der Waals surface area (Å²) < 4.78 is 10.2. The third-order valence-corrected chi connectivity index (χ3v) is 3.36. The first-order valence-corrected chi connectivity index (χ1v) is 7.63. The lowest BCUT2D eigenvalue weighted by molar-refractivity contribution is -0.133. The zero-order valence-electron chi connectivity index (χ0n) is 13.7. The molecule has 1 unspecified atom stereocenters. The number of rotatable bonds is 7. The second kappa shape index (κ2) is 8.79. The standard InChI is InChI=1S/C18H20N2O4/c1-3-24-16(13-7-5-4-6-8-13)17(21)20-12-15-10-9-14(11-19-15)18(22)23-2/h4-11,16H,3,12H2,1-2H3,(H,20,21). The van der Waals surface area contributed by atoms with Crippen molar-refractivity contribution in [1.29, 1.82) is 0 Å². The van der Waals surface area contributed by atoms with E-state index in [4.69, 9.17) is 4.74 Å². The lowest BCUT2D eigenvalue weighted by Crippen LogP contribution is -2.30. The molecule has 1 aromatic carbocycles. The zero-order valence-corrected chi connectivity index (χ0v) is 13.7. The molecule has 0 saturated heterocycles. The Morgan fingerprint density at radius 2 is 1.92 bits per heavy atom. The van der Waals surface area contributed by atoms with Gasteiger partial charge in [-0.2, -0.15) is 0 Å². The van der Waals surface area contributed by atoms with Gasteiger partial charge in [0.1, 0.15) is 0 Å². The Balaban J connectivity index is 1.99. The predicted molar refractivity (Wildman–Crippen MR) is 88.2 cm³/mol. The van der Waals surface area contributed by atoms with Gasteiger partial charge in [0.25, 0.3) is 5.91 Å². The molecule has 1 N–H and O–H groups in total. The van der Waals surface area contributed by atoms with Crippen LogP contribution in [0.25, 0.3) is 0 Å². The highest BCUT2D eigenvalue weighted by molar-refractivity contribution is 5.88. The Hall–Kier alpha value is -2.73. The molecule has 6 nitrogen and oxygen atoms in total. The minimum absolute atomic E-state index is 0.234. The minimum Gasteiger partial charge on any atom is -0.465 e. The van der Waals surface area contributed by atoms with Gasteiger partial charge in [-0.15, -0.1) is 0 Å². The first kappa shape index (κ1) is 17.6. The topological polar surface area (TPSA) is 77.5 Å². The maximum Gasteiger partial charge on any atom is 0.339 e. The number of esters is 1. The number of nitrogens with one attached hydrogen (secondary N) is 1. The summed E-state index contributed by atoms with van der Waals surface area (Å²) in [6.45, 7) is 2.52. The molecule has 0 radical (unpaired) electrons. The van der Waals surface area contributed by atoms with Crippen molar-refractivity contribution in [3.8, 4) is 0 Å². The van der Waals surface area contributed by atoms with Crippen molar-refractivity contribution >= 4 is 11.9 Å². The summed E-state index contributed by atoms with van der Waals surface area (Å²) >= 11 is 0. The number of hydrogen-bond donors (Lipinski definition) is 1. The summed E-state index contributed by atoms with van der Waals surface area (Å²) in [5.74, 6) is -0.680. The first-order valence-electron chi connectivity index (χ1n) is 7.63. The van der Waals surface area contributed by atoms with Crippen molar-refractivity contribution in [3.05, 3.63) is 65.5 Å². The van der Waals surface area contributed by atoms with E-state index in [9.17, 15) is 9.59 Å². The van der Waals surface area contributed by atoms with Crippen LogP contribution >= 0.6 is 0 Å². The summed E-state index contributed by atoms with van der Waals surface area (Å²) in [4.78, 5) is 27.9. The van der Waals surface area contributed by atoms with Crippen LogP contribution < -0.4 is 5.32 Å². The molecule has 1 heterocycles. The normalized spacial score (nSPS) is 11.6. The Morgan fingerprint density at radius 3 is 2.50 bits per heavy atom. The number of carbonyl (C=O) groups is 2. The van der Waals surface area contributed by atoms with E-state index in [0.717, 1.165) is 5.56 Å². The van der Waals surface area contributed by atoms with Crippen LogP contribution in [0.3, 0.4) is 0 Å². The average Bonchev–Trinajstić information content (AvgIpc) is 2.64. The Kier molecular flexibility index (Phi) is 6.45. The number of aromatic nitrogens is 1. The lowest BCUT2D eigenvalue weighted by Gasteiger charge is -2.17. The summed E-state index contributed by atoms with van der Waals surface area (Å²) in [6.07, 6.45) is 0.760. The van der Waals surface area contributed by atoms with Gasteiger partial charge in [-0.25, -0.2) is 4.79 Å². The third kappa shape index (κ3) is 4.63. The zero-order chi connectivity index (χ0) is 17.4. The highest BCUT2D eigenvalue weighted by Gasteiger charge is 2.20. The maximum atomic E-state index is 12.4. The van der Waals surface area contributed by atoms with Gasteiger partial charge in [0.15, 0.2) is 6.10 Å². The fraction of sp³-hybridized carbons (Fsp3) is 0.278. The van der Waals surface area contributed by atoms with E-state index in [1.165, 1.54) is 13.3 Å². The van der Waals surface area contributed by atoms with Crippen molar-refractivity contribution in [3.63, 3.8) is 0 Å². The Morgan fingerprint density at radius 1 is 1.17 bits per heavy atom. The van der Waals surface area contributed by atoms with Gasteiger partial charge in [0.05, 0.1) is 24.9 Å². The molecule has 1 atom stereocenters. The van der Waals surface area contributed by atoms with Crippen molar-refractivity contribution in [2.45, 2.75) is 19.6 Å². The third-order valence-electron chi connectivity index (χ3n) is 3.36. The molecular weight excluding hydrogens is 308 g/mol. The Bertz CT molecular complexity index is 671. The summed E-state index contributed by atoms with van der Waals surface area (Å²) in [5.41, 5.74) is 1.80. The van der Waals surface area contributed by atoms with E-state index in [1.54, 1.807) is 12.1 Å². The molecule has 0 aliphatic rings. The Labute approximate surface area is 140 Å². The average molecular weight is 328 g/mol. The molecule has 126 valence electrons. The quantitative estimate of drug-likeness (QED) is 0.789. The van der Waals surface area contributed by atoms with Gasteiger partial charge < -0.3 is 14.8 Å². The van der Waals surface area contributed by atoms with Crippen LogP contribution in [0.15, 0.2) is 48.7 Å². The summed E-state index contributed by atoms with van der Waals surface area (Å²) in [6, 6.07) is 12.6. The molecule has 0 aliphatic carbocycles. The molecule has 0 bridgehead atoms. The van der Waals surface area contributed by atoms with Gasteiger partial charge in [-0.05, 0) is 24.6 Å². The van der Waals surface area contributed by atoms with Crippen molar-refractivity contribution in [2.75, 3.05) is 13.7 Å². The summed E-state index contributed by atoms with van der Waals surface area (Å²) in [7, 11) is 1.31. The van der Waals surface area contributed by atoms with Gasteiger partial charge in [0.2, 0.25) is 0 Å². The molecule has 6 heteroatoms. The van der Waals surface area contributed by atoms with Crippen LogP contribution in [0, 0.1) is 0 Å². The van der Waals surface area contributed by atoms with Gasteiger partial charge in [-0.1, -0.05) is 30.3 Å². The van der Waals surface area contributed by atoms with Gasteiger partial charge >= 0.3 is 5.97 Å². The molecule has 0 spiro atoms. The van der Waals surface area contributed by atoms with E-state index >= 15 is 0 Å². The number of amides is 1. The van der Waals surface area contributed by atoms with Crippen LogP contribution in [0.1, 0.15) is 34.6 Å². The molecule has 0 aliphatic heterocycles. The maximum absolute atomic E-state index is 12.4. The molecule has 0 saturated carbocycles. The van der Waals surface area contributed by atoms with Crippen LogP contribution in [-0.2, 0) is 20.8 Å². The van der Waals surface area contributed by atoms with Crippen LogP contribution in [-0.4, -0.2) is 30.6 Å². The smallest absolute Gasteiger partial charge is 0.339 e. The van der Waals surface area contributed by atoms with Crippen molar-refractivity contribution < 1.29 is 19.1 Å². The molecule has 1 aromatic heterocycles. The fourth-order valence-corrected chi connectivity index (χ4v) is 2.16. The van der Waals surface area contributed by atoms with E-state index in [1.807, 2.05) is 37.3 Å². The van der Waals surface area contributed by atoms with Crippen LogP contribution in [0.5, 0.6) is 0 Å². The van der Waals surface area contributed by atoms with E-state index in [0.29, 0.717) is 17.9 Å². The number of nitrogens with zero attached hydrogens (tertiary/aromatic N) is 1. The number of carbonyl (C=O) groups excluding carboxylic acids is 2. The first-order chi connectivity index (χ1) is 11.7. The van der Waals surface area contributed by atoms with Crippen LogP contribution in [0.4, 0.5) is 0 Å². The van der Waals surface area contributed by atoms with Crippen molar-refractivity contribution in [2.24, 2.45) is 0 Å². The molecule has 2 rings (SSSR count). The number of ether oxygens (including phenoxy) is 2. The highest BCUT2D eigenvalue weighted by Crippen LogP contribution is 2.17. The van der Waals surface area contributed by atoms with E-state index in [2.05, 4.69) is 15.0 Å². The molecule has 0 fully saturated rings. The number of benzene rings is 1. The van der Waals surface area contributed by atoms with Gasteiger partial charge in [-0.3, -0.25) is 9.78 Å². The molecule has 2 aromatic rings. The van der Waals surface area contributed by atoms with Crippen LogP contribution in [0.2, 0.25) is 0 Å². The van der Waals surface area contributed by atoms with E-state index < -0.39 is 12.1 Å². The molecule has 24 heavy (non-hydrogen) atoms. The monoisotopic (exact) mass is 328 g/mol. The van der Waals surface area contributed by atoms with Gasteiger partial charge in [0, 0.05) is 12.8 Å². The second-order valence-electron chi connectivity index (χ2n) is 4.99. The number of hydrogen-bond acceptors (Lipinski definition) is 5. The minimum atomic E-state index is -0.662. The predicted octanol–water partition coefficient (Wildman–Crippen LogP) is 2.26. The second-order valence-corrected chi connectivity index (χ2v) is 4.99. The van der Waals surface area contributed by atoms with Crippen molar-refractivity contribution in [1.82, 2.24) is 10.3 Å². The number of pyridine rings is 1. The highest BCUT2D eigenvalue weighted by atomic mass is 16.5. The lowest BCUT2D eigenvalue weighted by atomic mass is 10.1. The SMILES string of the molecule is CCOC(C(=O)NCc1ccc(C(=O)OC)cn1)c1ccccc1. The molecular formula is C18H20N2O4. The number of methoxy groups -OCH3 is 1. The fourth-order valence-electron chi connectivity index (χ4n) is 2.16.